The van der Waals surface area contributed by atoms with Gasteiger partial charge in [-0.05, 0) is 31.6 Å². The minimum Gasteiger partial charge on any atom is -0.228 e. The molecule has 2 nitrogen and oxygen atoms in total. The first-order valence-corrected chi connectivity index (χ1v) is 6.44. The van der Waals surface area contributed by atoms with Crippen LogP contribution in [0.1, 0.15) is 38.5 Å². The lowest BCUT2D eigenvalue weighted by Crippen LogP contribution is -2.31. The summed E-state index contributed by atoms with van der Waals surface area (Å²) in [6, 6.07) is 0. The van der Waals surface area contributed by atoms with Crippen LogP contribution in [-0.2, 0) is 9.84 Å². The zero-order chi connectivity index (χ0) is 8.60. The Morgan fingerprint density at radius 1 is 1.08 bits per heavy atom. The minimum absolute atomic E-state index is 0.416. The van der Waals surface area contributed by atoms with Crippen molar-refractivity contribution in [2.24, 2.45) is 5.92 Å². The summed E-state index contributed by atoms with van der Waals surface area (Å²) in [5, 5.41) is 0.889. The summed E-state index contributed by atoms with van der Waals surface area (Å²) in [6.45, 7) is 0. The van der Waals surface area contributed by atoms with Crippen molar-refractivity contribution in [1.82, 2.24) is 0 Å². The molecule has 1 heterocycles. The second-order valence-corrected chi connectivity index (χ2v) is 6.03. The molecule has 0 spiro atoms. The fraction of sp³-hybridized carbons (Fsp3) is 0.889. The highest BCUT2D eigenvalue weighted by Crippen LogP contribution is 2.42. The van der Waals surface area contributed by atoms with E-state index in [1.54, 1.807) is 0 Å². The number of fused-ring (bicyclic) bond motifs is 1. The Labute approximate surface area is 74.3 Å². The Bertz CT molecular complexity index is 254. The van der Waals surface area contributed by atoms with Crippen LogP contribution in [0, 0.1) is 11.2 Å². The van der Waals surface area contributed by atoms with Crippen LogP contribution in [0.4, 0.5) is 0 Å². The van der Waals surface area contributed by atoms with Gasteiger partial charge in [-0.25, -0.2) is 8.42 Å². The fourth-order valence-corrected chi connectivity index (χ4v) is 4.43. The lowest BCUT2D eigenvalue weighted by atomic mass is 9.85. The third kappa shape index (κ3) is 1.39. The van der Waals surface area contributed by atoms with Crippen LogP contribution in [-0.4, -0.2) is 14.2 Å². The number of hydrogen-bond acceptors (Lipinski definition) is 2. The molecule has 0 N–H and O–H groups in total. The van der Waals surface area contributed by atoms with Crippen LogP contribution < -0.4 is 0 Å². The second-order valence-electron chi connectivity index (χ2n) is 3.87. The Morgan fingerprint density at radius 3 is 2.58 bits per heavy atom. The molecule has 0 aromatic carbocycles. The van der Waals surface area contributed by atoms with Crippen LogP contribution in [0.5, 0.6) is 0 Å². The highest BCUT2D eigenvalue weighted by atomic mass is 32.2. The third-order valence-corrected chi connectivity index (χ3v) is 5.21. The molecule has 69 valence electrons. The lowest BCUT2D eigenvalue weighted by molar-refractivity contribution is 0.381. The molecule has 1 saturated carbocycles. The Morgan fingerprint density at radius 2 is 1.83 bits per heavy atom. The summed E-state index contributed by atoms with van der Waals surface area (Å²) in [4.78, 5) is 0. The van der Waals surface area contributed by atoms with Gasteiger partial charge >= 0.3 is 0 Å². The number of hydrogen-bond donors (Lipinski definition) is 0. The smallest absolute Gasteiger partial charge is 0.157 e. The van der Waals surface area contributed by atoms with Gasteiger partial charge < -0.3 is 0 Å². The molecular formula is C9H15O2S. The van der Waals surface area contributed by atoms with E-state index in [-0.39, 0.29) is 0 Å². The van der Waals surface area contributed by atoms with Crippen LogP contribution in [0.2, 0.25) is 0 Å². The Kier molecular flexibility index (Phi) is 2.15. The molecule has 0 aromatic heterocycles. The SMILES string of the molecule is O=S1(=O)CCCC2CCCC[C]21. The predicted molar refractivity (Wildman–Crippen MR) is 48.2 cm³/mol. The maximum atomic E-state index is 11.6. The van der Waals surface area contributed by atoms with Gasteiger partial charge in [-0.1, -0.05) is 12.8 Å². The van der Waals surface area contributed by atoms with Gasteiger partial charge in [0.25, 0.3) is 0 Å². The van der Waals surface area contributed by atoms with Crippen LogP contribution >= 0.6 is 0 Å². The number of rotatable bonds is 0. The van der Waals surface area contributed by atoms with Crippen LogP contribution in [0.25, 0.3) is 0 Å². The predicted octanol–water partition coefficient (Wildman–Crippen LogP) is 1.92. The molecule has 1 aliphatic heterocycles. The van der Waals surface area contributed by atoms with Gasteiger partial charge in [0.15, 0.2) is 9.84 Å². The summed E-state index contributed by atoms with van der Waals surface area (Å²) in [7, 11) is -2.77. The molecule has 1 unspecified atom stereocenters. The summed E-state index contributed by atoms with van der Waals surface area (Å²) in [5.41, 5.74) is 0. The summed E-state index contributed by atoms with van der Waals surface area (Å²) in [5.74, 6) is 0.844. The molecule has 1 saturated heterocycles. The van der Waals surface area contributed by atoms with Gasteiger partial charge in [-0.15, -0.1) is 0 Å². The molecule has 12 heavy (non-hydrogen) atoms. The molecule has 0 amide bonds. The van der Waals surface area contributed by atoms with Gasteiger partial charge in [0.05, 0.1) is 11.0 Å². The van der Waals surface area contributed by atoms with Crippen molar-refractivity contribution in [1.29, 1.82) is 0 Å². The van der Waals surface area contributed by atoms with E-state index in [1.165, 1.54) is 6.42 Å². The average Bonchev–Trinajstić information content (AvgIpc) is 2.04. The van der Waals surface area contributed by atoms with Crippen LogP contribution in [0.3, 0.4) is 0 Å². The van der Waals surface area contributed by atoms with E-state index in [1.807, 2.05) is 0 Å². The van der Waals surface area contributed by atoms with E-state index >= 15 is 0 Å². The molecule has 1 radical (unpaired) electrons. The summed E-state index contributed by atoms with van der Waals surface area (Å²) >= 11 is 0. The topological polar surface area (TPSA) is 34.1 Å². The zero-order valence-electron chi connectivity index (χ0n) is 7.25. The van der Waals surface area contributed by atoms with E-state index in [4.69, 9.17) is 0 Å². The van der Waals surface area contributed by atoms with E-state index in [2.05, 4.69) is 0 Å². The minimum atomic E-state index is -2.77. The second kappa shape index (κ2) is 3.02. The first-order chi connectivity index (χ1) is 5.70. The van der Waals surface area contributed by atoms with Crippen molar-refractivity contribution in [3.05, 3.63) is 5.25 Å². The molecule has 0 bridgehead atoms. The monoisotopic (exact) mass is 187 g/mol. The van der Waals surface area contributed by atoms with Crippen molar-refractivity contribution < 1.29 is 8.42 Å². The van der Waals surface area contributed by atoms with Gasteiger partial charge in [0.1, 0.15) is 0 Å². The quantitative estimate of drug-likeness (QED) is 0.580. The average molecular weight is 187 g/mol. The molecule has 2 fully saturated rings. The highest BCUT2D eigenvalue weighted by molar-refractivity contribution is 7.94. The molecular weight excluding hydrogens is 172 g/mol. The summed E-state index contributed by atoms with van der Waals surface area (Å²) < 4.78 is 23.2. The number of sulfone groups is 1. The van der Waals surface area contributed by atoms with Crippen molar-refractivity contribution in [2.75, 3.05) is 5.75 Å². The standard InChI is InChI=1S/C9H15O2S/c10-12(11)7-3-5-8-4-1-2-6-9(8)12/h8H,1-7H2. The lowest BCUT2D eigenvalue weighted by Gasteiger charge is -2.33. The van der Waals surface area contributed by atoms with Crippen molar-refractivity contribution in [2.45, 2.75) is 38.5 Å². The maximum absolute atomic E-state index is 11.6. The molecule has 1 atom stereocenters. The van der Waals surface area contributed by atoms with Gasteiger partial charge in [-0.3, -0.25) is 0 Å². The zero-order valence-corrected chi connectivity index (χ0v) is 8.07. The van der Waals surface area contributed by atoms with Gasteiger partial charge in [0.2, 0.25) is 0 Å². The van der Waals surface area contributed by atoms with Gasteiger partial charge in [0, 0.05) is 0 Å². The van der Waals surface area contributed by atoms with Gasteiger partial charge in [-0.2, -0.15) is 0 Å². The molecule has 2 rings (SSSR count). The molecule has 0 aromatic rings. The van der Waals surface area contributed by atoms with Crippen molar-refractivity contribution >= 4 is 9.84 Å². The van der Waals surface area contributed by atoms with E-state index < -0.39 is 9.84 Å². The van der Waals surface area contributed by atoms with E-state index in [9.17, 15) is 8.42 Å². The molecule has 3 heteroatoms. The normalized spacial score (nSPS) is 35.8. The van der Waals surface area contributed by atoms with Crippen LogP contribution in [0.15, 0.2) is 0 Å². The molecule has 2 aliphatic rings. The fourth-order valence-electron chi connectivity index (χ4n) is 2.42. The largest absolute Gasteiger partial charge is 0.228 e. The van der Waals surface area contributed by atoms with Crippen molar-refractivity contribution in [3.63, 3.8) is 0 Å². The van der Waals surface area contributed by atoms with E-state index in [0.29, 0.717) is 11.7 Å². The first-order valence-electron chi connectivity index (χ1n) is 4.78. The van der Waals surface area contributed by atoms with Crippen molar-refractivity contribution in [3.8, 4) is 0 Å². The first kappa shape index (κ1) is 8.54. The summed E-state index contributed by atoms with van der Waals surface area (Å²) in [6.07, 6.45) is 6.29. The maximum Gasteiger partial charge on any atom is 0.157 e. The van der Waals surface area contributed by atoms with E-state index in [0.717, 1.165) is 37.4 Å². The molecule has 1 aliphatic carbocycles. The highest BCUT2D eigenvalue weighted by Gasteiger charge is 2.38. The Hall–Kier alpha value is -0.0500. The third-order valence-electron chi connectivity index (χ3n) is 3.05. The Balaban J connectivity index is 2.20.